The lowest BCUT2D eigenvalue weighted by Gasteiger charge is -2.20. The van der Waals surface area contributed by atoms with Crippen LogP contribution in [0.5, 0.6) is 0 Å². The van der Waals surface area contributed by atoms with Gasteiger partial charge in [0.25, 0.3) is 0 Å². The lowest BCUT2D eigenvalue weighted by Crippen LogP contribution is -2.37. The van der Waals surface area contributed by atoms with Crippen LogP contribution in [0.1, 0.15) is 18.1 Å². The van der Waals surface area contributed by atoms with Gasteiger partial charge in [0.1, 0.15) is 5.52 Å². The Bertz CT molecular complexity index is 1670. The first-order valence-corrected chi connectivity index (χ1v) is 12.4. The van der Waals surface area contributed by atoms with E-state index in [2.05, 4.69) is 21.4 Å². The Morgan fingerprint density at radius 1 is 1.08 bits per heavy atom. The Morgan fingerprint density at radius 2 is 1.82 bits per heavy atom. The monoisotopic (exact) mass is 524 g/mol. The van der Waals surface area contributed by atoms with E-state index in [4.69, 9.17) is 15.1 Å². The molecule has 10 heteroatoms. The van der Waals surface area contributed by atoms with Gasteiger partial charge < -0.3 is 30.0 Å². The molecule has 0 aliphatic rings. The number of furan rings is 1. The molecule has 5 rings (SSSR count). The molecule has 4 N–H and O–H groups in total. The maximum Gasteiger partial charge on any atom is 0.407 e. The van der Waals surface area contributed by atoms with E-state index in [1.165, 1.54) is 4.90 Å². The smallest absolute Gasteiger partial charge is 0.407 e. The van der Waals surface area contributed by atoms with Crippen LogP contribution in [0, 0.1) is 0 Å². The number of fused-ring (bicyclic) bond motifs is 3. The van der Waals surface area contributed by atoms with Crippen LogP contribution in [0.4, 0.5) is 10.6 Å². The van der Waals surface area contributed by atoms with Crippen molar-refractivity contribution in [3.05, 3.63) is 90.2 Å². The number of nitrogens with zero attached hydrogens (tertiary/aromatic N) is 4. The van der Waals surface area contributed by atoms with E-state index in [9.17, 15) is 14.7 Å². The van der Waals surface area contributed by atoms with Gasteiger partial charge in [-0.2, -0.15) is 0 Å². The number of aromatic nitrogens is 3. The van der Waals surface area contributed by atoms with Crippen molar-refractivity contribution in [2.75, 3.05) is 18.8 Å². The van der Waals surface area contributed by atoms with Gasteiger partial charge in [-0.1, -0.05) is 49.0 Å². The number of anilines is 1. The number of nitrogen functional groups attached to an aromatic ring is 1. The molecular formula is C29H28N6O4. The Balaban J connectivity index is 1.42. The largest absolute Gasteiger partial charge is 0.465 e. The Morgan fingerprint density at radius 3 is 2.51 bits per heavy atom. The summed E-state index contributed by atoms with van der Waals surface area (Å²) in [6.45, 7) is 6.22. The van der Waals surface area contributed by atoms with E-state index in [1.807, 2.05) is 60.7 Å². The highest BCUT2D eigenvalue weighted by atomic mass is 16.4. The van der Waals surface area contributed by atoms with Crippen LogP contribution in [0.25, 0.3) is 33.5 Å². The van der Waals surface area contributed by atoms with Gasteiger partial charge in [-0.3, -0.25) is 4.79 Å². The van der Waals surface area contributed by atoms with Gasteiger partial charge in [0.05, 0.1) is 17.3 Å². The van der Waals surface area contributed by atoms with Crippen LogP contribution < -0.4 is 11.1 Å². The number of rotatable bonds is 9. The average Bonchev–Trinajstić information content (AvgIpc) is 3.58. The van der Waals surface area contributed by atoms with Crippen LogP contribution in [-0.2, 0) is 17.9 Å². The van der Waals surface area contributed by atoms with Crippen LogP contribution in [0.3, 0.4) is 0 Å². The highest BCUT2D eigenvalue weighted by Crippen LogP contribution is 2.33. The molecule has 0 unspecified atom stereocenters. The van der Waals surface area contributed by atoms with E-state index in [0.29, 0.717) is 35.0 Å². The van der Waals surface area contributed by atoms with Gasteiger partial charge in [0.15, 0.2) is 17.4 Å². The fourth-order valence-corrected chi connectivity index (χ4v) is 4.46. The lowest BCUT2D eigenvalue weighted by atomic mass is 10.1. The number of carbonyl (C=O) groups excluding carboxylic acids is 1. The van der Waals surface area contributed by atoms with Crippen molar-refractivity contribution in [3.8, 4) is 11.6 Å². The van der Waals surface area contributed by atoms with Gasteiger partial charge in [-0.15, -0.1) is 0 Å². The molecule has 3 heterocycles. The molecule has 0 aliphatic carbocycles. The summed E-state index contributed by atoms with van der Waals surface area (Å²) >= 11 is 0. The van der Waals surface area contributed by atoms with Crippen LogP contribution in [-0.4, -0.2) is 49.6 Å². The molecule has 0 saturated carbocycles. The fourth-order valence-electron chi connectivity index (χ4n) is 4.46. The summed E-state index contributed by atoms with van der Waals surface area (Å²) < 4.78 is 7.75. The zero-order chi connectivity index (χ0) is 27.5. The van der Waals surface area contributed by atoms with E-state index in [1.54, 1.807) is 13.2 Å². The quantitative estimate of drug-likeness (QED) is 0.239. The number of nitrogens with two attached hydrogens (primary N) is 1. The first-order chi connectivity index (χ1) is 18.8. The van der Waals surface area contributed by atoms with Crippen LogP contribution >= 0.6 is 0 Å². The van der Waals surface area contributed by atoms with Crippen molar-refractivity contribution >= 4 is 39.8 Å². The molecule has 3 aromatic heterocycles. The number of benzene rings is 2. The molecule has 2 aromatic carbocycles. The predicted molar refractivity (Wildman–Crippen MR) is 149 cm³/mol. The number of hydrogen-bond acceptors (Lipinski definition) is 6. The third kappa shape index (κ3) is 5.30. The van der Waals surface area contributed by atoms with Crippen molar-refractivity contribution in [1.82, 2.24) is 24.8 Å². The fraction of sp³-hybridized carbons (Fsp3) is 0.172. The summed E-state index contributed by atoms with van der Waals surface area (Å²) in [4.78, 5) is 34.0. The Hall–Kier alpha value is -5.12. The molecule has 10 nitrogen and oxygen atoms in total. The van der Waals surface area contributed by atoms with Crippen molar-refractivity contribution in [2.24, 2.45) is 0 Å². The predicted octanol–water partition coefficient (Wildman–Crippen LogP) is 4.65. The van der Waals surface area contributed by atoms with Gasteiger partial charge in [0, 0.05) is 37.1 Å². The summed E-state index contributed by atoms with van der Waals surface area (Å²) in [5.41, 5.74) is 10.7. The number of pyridine rings is 1. The number of nitrogens with one attached hydrogen (secondary N) is 1. The highest BCUT2D eigenvalue weighted by Gasteiger charge is 2.20. The van der Waals surface area contributed by atoms with Gasteiger partial charge in [-0.05, 0) is 36.2 Å². The van der Waals surface area contributed by atoms with Crippen molar-refractivity contribution in [2.45, 2.75) is 20.0 Å². The number of para-hydroxylation sites is 1. The molecule has 0 atom stereocenters. The Kier molecular flexibility index (Phi) is 7.00. The first kappa shape index (κ1) is 25.5. The number of imidazole rings is 1. The third-order valence-corrected chi connectivity index (χ3v) is 6.41. The molecule has 198 valence electrons. The third-order valence-electron chi connectivity index (χ3n) is 6.41. The average molecular weight is 525 g/mol. The highest BCUT2D eigenvalue weighted by molar-refractivity contribution is 6.07. The van der Waals surface area contributed by atoms with Gasteiger partial charge in [0.2, 0.25) is 5.91 Å². The summed E-state index contributed by atoms with van der Waals surface area (Å²) in [5.74, 6) is 1.30. The molecule has 0 aliphatic heterocycles. The van der Waals surface area contributed by atoms with Crippen molar-refractivity contribution < 1.29 is 19.1 Å². The minimum Gasteiger partial charge on any atom is -0.465 e. The molecule has 0 radical (unpaired) electrons. The standard InChI is InChI=1S/C29H28N6O4/c1-18(2)28(36)31-13-14-34(29(37)38)16-19-9-11-20(12-10-19)17-35-25-21-6-3-4-7-22(21)32-26(30)24(25)33-27(35)23-8-5-15-39-23/h3-12,15H,1,13-14,16-17H2,2H3,(H2,30,32)(H,31,36)(H,37,38). The summed E-state index contributed by atoms with van der Waals surface area (Å²) in [6.07, 6.45) is 0.542. The molecular weight excluding hydrogens is 496 g/mol. The second-order valence-corrected chi connectivity index (χ2v) is 9.27. The minimum absolute atomic E-state index is 0.159. The maximum absolute atomic E-state index is 11.8. The molecule has 0 saturated heterocycles. The lowest BCUT2D eigenvalue weighted by molar-refractivity contribution is -0.117. The summed E-state index contributed by atoms with van der Waals surface area (Å²) in [7, 11) is 0. The summed E-state index contributed by atoms with van der Waals surface area (Å²) in [6, 6.07) is 19.2. The topological polar surface area (TPSA) is 140 Å². The van der Waals surface area contributed by atoms with Crippen molar-refractivity contribution in [1.29, 1.82) is 0 Å². The number of amides is 2. The normalized spacial score (nSPS) is 11.1. The minimum atomic E-state index is -1.06. The van der Waals surface area contributed by atoms with Crippen LogP contribution in [0.2, 0.25) is 0 Å². The second-order valence-electron chi connectivity index (χ2n) is 9.27. The molecule has 2 amide bonds. The molecule has 0 fully saturated rings. The molecule has 5 aromatic rings. The summed E-state index contributed by atoms with van der Waals surface area (Å²) in [5, 5.41) is 13.2. The van der Waals surface area contributed by atoms with E-state index >= 15 is 0 Å². The number of carboxylic acid groups (broad SMARTS) is 1. The van der Waals surface area contributed by atoms with Gasteiger partial charge >= 0.3 is 6.09 Å². The molecule has 39 heavy (non-hydrogen) atoms. The first-order valence-electron chi connectivity index (χ1n) is 12.4. The molecule has 0 bridgehead atoms. The number of carbonyl (C=O) groups is 2. The van der Waals surface area contributed by atoms with E-state index in [-0.39, 0.29) is 25.5 Å². The number of hydrogen-bond donors (Lipinski definition) is 3. The zero-order valence-corrected chi connectivity index (χ0v) is 21.4. The second kappa shape index (κ2) is 10.7. The van der Waals surface area contributed by atoms with E-state index < -0.39 is 6.09 Å². The SMILES string of the molecule is C=C(C)C(=O)NCCN(Cc1ccc(Cn2c(-c3ccco3)nc3c(N)nc4ccccc4c32)cc1)C(=O)O. The van der Waals surface area contributed by atoms with E-state index in [0.717, 1.165) is 27.5 Å². The molecule has 0 spiro atoms. The van der Waals surface area contributed by atoms with Crippen molar-refractivity contribution in [3.63, 3.8) is 0 Å². The zero-order valence-electron chi connectivity index (χ0n) is 21.4. The van der Waals surface area contributed by atoms with Crippen LogP contribution in [0.15, 0.2) is 83.5 Å². The van der Waals surface area contributed by atoms with Gasteiger partial charge in [-0.25, -0.2) is 14.8 Å². The maximum atomic E-state index is 11.8. The Labute approximate surface area is 224 Å².